The lowest BCUT2D eigenvalue weighted by Gasteiger charge is -2.05. The Hall–Kier alpha value is -1.09. The summed E-state index contributed by atoms with van der Waals surface area (Å²) in [6.07, 6.45) is 1.49. The molecule has 0 atom stereocenters. The van der Waals surface area contributed by atoms with E-state index in [1.807, 2.05) is 0 Å². The number of halogens is 1. The van der Waals surface area contributed by atoms with E-state index >= 15 is 0 Å². The summed E-state index contributed by atoms with van der Waals surface area (Å²) in [5.41, 5.74) is 0.335. The molecule has 1 aromatic rings. The Labute approximate surface area is 75.3 Å². The molecule has 0 aromatic carbocycles. The average Bonchev–Trinajstić information content (AvgIpc) is 2.03. The first kappa shape index (κ1) is 9.00. The highest BCUT2D eigenvalue weighted by Gasteiger charge is 2.12. The van der Waals surface area contributed by atoms with E-state index in [1.165, 1.54) is 20.2 Å². The van der Waals surface area contributed by atoms with Gasteiger partial charge in [0, 0.05) is 6.20 Å². The normalized spacial score (nSPS) is 9.58. The first-order valence-corrected chi connectivity index (χ1v) is 3.74. The first-order chi connectivity index (χ1) is 5.66. The van der Waals surface area contributed by atoms with E-state index in [1.54, 1.807) is 6.07 Å². The molecule has 0 aliphatic carbocycles. The topological polar surface area (TPSA) is 39.2 Å². The Morgan fingerprint density at radius 1 is 1.67 bits per heavy atom. The molecule has 0 saturated carbocycles. The third kappa shape index (κ3) is 1.56. The molecule has 1 heterocycles. The number of nitrogens with zero attached hydrogens (tertiary/aromatic N) is 1. The van der Waals surface area contributed by atoms with Crippen LogP contribution in [0.3, 0.4) is 0 Å². The Morgan fingerprint density at radius 3 is 2.75 bits per heavy atom. The maximum atomic E-state index is 11.0. The number of methoxy groups -OCH3 is 1. The molecule has 1 rings (SSSR count). The van der Waals surface area contributed by atoms with E-state index < -0.39 is 0 Å². The molecule has 0 bridgehead atoms. The lowest BCUT2D eigenvalue weighted by Crippen LogP contribution is -1.99. The molecule has 3 nitrogen and oxygen atoms in total. The van der Waals surface area contributed by atoms with Crippen molar-refractivity contribution in [2.45, 2.75) is 6.92 Å². The van der Waals surface area contributed by atoms with Crippen molar-refractivity contribution in [1.82, 2.24) is 4.98 Å². The van der Waals surface area contributed by atoms with Crippen LogP contribution in [0.25, 0.3) is 0 Å². The minimum absolute atomic E-state index is 0.148. The number of hydrogen-bond acceptors (Lipinski definition) is 3. The van der Waals surface area contributed by atoms with Gasteiger partial charge < -0.3 is 4.74 Å². The zero-order valence-corrected chi connectivity index (χ0v) is 7.55. The van der Waals surface area contributed by atoms with E-state index in [9.17, 15) is 4.79 Å². The second-order valence-corrected chi connectivity index (χ2v) is 2.59. The Kier molecular flexibility index (Phi) is 2.65. The monoisotopic (exact) mass is 185 g/mol. The first-order valence-electron chi connectivity index (χ1n) is 3.36. The van der Waals surface area contributed by atoms with Gasteiger partial charge in [-0.25, -0.2) is 4.98 Å². The number of hydrogen-bond donors (Lipinski definition) is 0. The fraction of sp³-hybridized carbons (Fsp3) is 0.250. The number of carbonyl (C=O) groups excluding carboxylic acids is 1. The largest absolute Gasteiger partial charge is 0.496 e. The number of ketones is 1. The molecule has 0 spiro atoms. The Morgan fingerprint density at radius 2 is 2.33 bits per heavy atom. The summed E-state index contributed by atoms with van der Waals surface area (Å²) in [5.74, 6) is 0.312. The molecule has 1 aromatic heterocycles. The molecule has 0 aliphatic heterocycles. The van der Waals surface area contributed by atoms with E-state index in [0.29, 0.717) is 11.3 Å². The molecule has 0 amide bonds. The summed E-state index contributed by atoms with van der Waals surface area (Å²) < 4.78 is 4.94. The molecule has 0 radical (unpaired) electrons. The van der Waals surface area contributed by atoms with Crippen LogP contribution in [0.5, 0.6) is 5.75 Å². The molecular formula is C8H8ClNO2. The van der Waals surface area contributed by atoms with Gasteiger partial charge in [-0.05, 0) is 13.0 Å². The second kappa shape index (κ2) is 3.54. The van der Waals surface area contributed by atoms with Crippen LogP contribution in [-0.4, -0.2) is 17.9 Å². The number of aromatic nitrogens is 1. The highest BCUT2D eigenvalue weighted by Crippen LogP contribution is 2.23. The molecule has 4 heteroatoms. The number of pyridine rings is 1. The van der Waals surface area contributed by atoms with Crippen molar-refractivity contribution >= 4 is 17.4 Å². The minimum Gasteiger partial charge on any atom is -0.496 e. The Balaban J connectivity index is 3.29. The average molecular weight is 186 g/mol. The van der Waals surface area contributed by atoms with Crippen molar-refractivity contribution in [3.8, 4) is 5.75 Å². The predicted octanol–water partition coefficient (Wildman–Crippen LogP) is 1.95. The van der Waals surface area contributed by atoms with Gasteiger partial charge in [0.25, 0.3) is 0 Å². The molecule has 12 heavy (non-hydrogen) atoms. The summed E-state index contributed by atoms with van der Waals surface area (Å²) >= 11 is 5.69. The highest BCUT2D eigenvalue weighted by atomic mass is 35.5. The van der Waals surface area contributed by atoms with Crippen LogP contribution in [0, 0.1) is 0 Å². The molecule has 0 saturated heterocycles. The van der Waals surface area contributed by atoms with E-state index in [-0.39, 0.29) is 10.9 Å². The van der Waals surface area contributed by atoms with Crippen LogP contribution >= 0.6 is 11.6 Å². The van der Waals surface area contributed by atoms with Gasteiger partial charge in [0.15, 0.2) is 5.78 Å². The van der Waals surface area contributed by atoms with Gasteiger partial charge in [-0.3, -0.25) is 4.79 Å². The molecule has 0 aliphatic rings. The summed E-state index contributed by atoms with van der Waals surface area (Å²) in [7, 11) is 1.48. The fourth-order valence-electron chi connectivity index (χ4n) is 0.909. The van der Waals surface area contributed by atoms with E-state index in [4.69, 9.17) is 16.3 Å². The van der Waals surface area contributed by atoms with Gasteiger partial charge in [0.05, 0.1) is 12.7 Å². The summed E-state index contributed by atoms with van der Waals surface area (Å²) in [5, 5.41) is 0.182. The predicted molar refractivity (Wildman–Crippen MR) is 45.8 cm³/mol. The SMILES string of the molecule is COc1ccnc(Cl)c1C(C)=O. The lowest BCUT2D eigenvalue weighted by molar-refractivity contribution is 0.101. The number of carbonyl (C=O) groups is 1. The highest BCUT2D eigenvalue weighted by molar-refractivity contribution is 6.33. The zero-order valence-electron chi connectivity index (χ0n) is 6.80. The van der Waals surface area contributed by atoms with Crippen LogP contribution in [-0.2, 0) is 0 Å². The van der Waals surface area contributed by atoms with Crippen molar-refractivity contribution in [3.63, 3.8) is 0 Å². The van der Waals surface area contributed by atoms with Crippen molar-refractivity contribution in [3.05, 3.63) is 23.0 Å². The van der Waals surface area contributed by atoms with Crippen LogP contribution in [0.2, 0.25) is 5.15 Å². The van der Waals surface area contributed by atoms with E-state index in [2.05, 4.69) is 4.98 Å². The van der Waals surface area contributed by atoms with E-state index in [0.717, 1.165) is 0 Å². The third-order valence-corrected chi connectivity index (χ3v) is 1.73. The third-order valence-electron chi connectivity index (χ3n) is 1.44. The molecule has 64 valence electrons. The smallest absolute Gasteiger partial charge is 0.166 e. The van der Waals surface area contributed by atoms with Gasteiger partial charge in [-0.15, -0.1) is 0 Å². The van der Waals surface area contributed by atoms with Crippen molar-refractivity contribution < 1.29 is 9.53 Å². The molecule has 0 fully saturated rings. The van der Waals surface area contributed by atoms with Gasteiger partial charge in [-0.2, -0.15) is 0 Å². The summed E-state index contributed by atoms with van der Waals surface area (Å²) in [6.45, 7) is 1.42. The standard InChI is InChI=1S/C8H8ClNO2/c1-5(11)7-6(12-2)3-4-10-8(7)9/h3-4H,1-2H3. The number of ether oxygens (including phenoxy) is 1. The van der Waals surface area contributed by atoms with Crippen LogP contribution in [0.4, 0.5) is 0 Å². The van der Waals surface area contributed by atoms with Gasteiger partial charge >= 0.3 is 0 Å². The lowest BCUT2D eigenvalue weighted by atomic mass is 10.2. The summed E-state index contributed by atoms with van der Waals surface area (Å²) in [4.78, 5) is 14.8. The second-order valence-electron chi connectivity index (χ2n) is 2.24. The maximum Gasteiger partial charge on any atom is 0.166 e. The van der Waals surface area contributed by atoms with Crippen LogP contribution in [0.15, 0.2) is 12.3 Å². The van der Waals surface area contributed by atoms with Gasteiger partial charge in [0.1, 0.15) is 10.9 Å². The van der Waals surface area contributed by atoms with Gasteiger partial charge in [0.2, 0.25) is 0 Å². The van der Waals surface area contributed by atoms with Crippen LogP contribution < -0.4 is 4.74 Å². The molecule has 0 unspecified atom stereocenters. The van der Waals surface area contributed by atoms with Gasteiger partial charge in [-0.1, -0.05) is 11.6 Å². The Bertz CT molecular complexity index is 312. The van der Waals surface area contributed by atoms with Crippen LogP contribution in [0.1, 0.15) is 17.3 Å². The minimum atomic E-state index is -0.148. The maximum absolute atomic E-state index is 11.0. The van der Waals surface area contributed by atoms with Crippen molar-refractivity contribution in [2.24, 2.45) is 0 Å². The molecule has 0 N–H and O–H groups in total. The number of Topliss-reactive ketones (excluding diaryl/α,β-unsaturated/α-hetero) is 1. The summed E-state index contributed by atoms with van der Waals surface area (Å²) in [6, 6.07) is 1.60. The fourth-order valence-corrected chi connectivity index (χ4v) is 1.19. The molecular weight excluding hydrogens is 178 g/mol. The quantitative estimate of drug-likeness (QED) is 0.522. The number of rotatable bonds is 2. The van der Waals surface area contributed by atoms with Crippen molar-refractivity contribution in [1.29, 1.82) is 0 Å². The van der Waals surface area contributed by atoms with Crippen molar-refractivity contribution in [2.75, 3.05) is 7.11 Å². The zero-order chi connectivity index (χ0) is 9.14.